The molecule has 5 rings (SSSR count). The molecule has 1 atom stereocenters. The number of carbonyl (C=O) groups excluding carboxylic acids is 2. The lowest BCUT2D eigenvalue weighted by Gasteiger charge is -2.37. The molecule has 0 aliphatic carbocycles. The highest BCUT2D eigenvalue weighted by Crippen LogP contribution is 2.36. The lowest BCUT2D eigenvalue weighted by Crippen LogP contribution is -2.49. The van der Waals surface area contributed by atoms with Crippen molar-refractivity contribution < 1.29 is 14.3 Å². The minimum atomic E-state index is -0.239. The van der Waals surface area contributed by atoms with Gasteiger partial charge >= 0.3 is 0 Å². The van der Waals surface area contributed by atoms with Gasteiger partial charge in [0.1, 0.15) is 5.75 Å². The van der Waals surface area contributed by atoms with E-state index in [1.54, 1.807) is 18.4 Å². The smallest absolute Gasteiger partial charge is 0.255 e. The van der Waals surface area contributed by atoms with Crippen LogP contribution in [0.1, 0.15) is 33.3 Å². The third kappa shape index (κ3) is 4.33. The van der Waals surface area contributed by atoms with Gasteiger partial charge in [-0.05, 0) is 47.3 Å². The van der Waals surface area contributed by atoms with E-state index >= 15 is 0 Å². The second-order valence-electron chi connectivity index (χ2n) is 8.39. The molecule has 2 aliphatic heterocycles. The maximum atomic E-state index is 13.3. The molecule has 33 heavy (non-hydrogen) atoms. The van der Waals surface area contributed by atoms with Crippen molar-refractivity contribution >= 4 is 28.8 Å². The maximum absolute atomic E-state index is 13.3. The number of ether oxygens (including phenoxy) is 1. The predicted octanol–water partition coefficient (Wildman–Crippen LogP) is 4.19. The van der Waals surface area contributed by atoms with Crippen molar-refractivity contribution in [2.24, 2.45) is 0 Å². The third-order valence-electron chi connectivity index (χ3n) is 6.54. The summed E-state index contributed by atoms with van der Waals surface area (Å²) in [7, 11) is 1.66. The van der Waals surface area contributed by atoms with Crippen LogP contribution in [0.25, 0.3) is 0 Å². The molecule has 1 unspecified atom stereocenters. The van der Waals surface area contributed by atoms with Crippen molar-refractivity contribution in [2.45, 2.75) is 19.0 Å². The van der Waals surface area contributed by atoms with Crippen LogP contribution in [0.15, 0.2) is 66.0 Å². The number of methoxy groups -OCH3 is 1. The van der Waals surface area contributed by atoms with E-state index < -0.39 is 0 Å². The van der Waals surface area contributed by atoms with E-state index in [4.69, 9.17) is 4.74 Å². The molecule has 1 aromatic heterocycles. The SMILES string of the molecule is COc1ccc(N2CCN(C(=O)CC(c3cccs3)N3Cc4ccccc4C3=O)CC2)cc1. The van der Waals surface area contributed by atoms with Gasteiger partial charge in [-0.2, -0.15) is 0 Å². The Hall–Kier alpha value is -3.32. The fourth-order valence-electron chi connectivity index (χ4n) is 4.68. The second kappa shape index (κ2) is 9.27. The van der Waals surface area contributed by atoms with Gasteiger partial charge in [-0.25, -0.2) is 0 Å². The maximum Gasteiger partial charge on any atom is 0.255 e. The van der Waals surface area contributed by atoms with Crippen molar-refractivity contribution in [3.63, 3.8) is 0 Å². The van der Waals surface area contributed by atoms with Gasteiger partial charge < -0.3 is 19.4 Å². The zero-order valence-corrected chi connectivity index (χ0v) is 19.5. The number of rotatable bonds is 6. The topological polar surface area (TPSA) is 53.1 Å². The van der Waals surface area contributed by atoms with E-state index in [-0.39, 0.29) is 17.9 Å². The van der Waals surface area contributed by atoms with E-state index in [1.165, 1.54) is 0 Å². The van der Waals surface area contributed by atoms with Crippen LogP contribution in [0.3, 0.4) is 0 Å². The summed E-state index contributed by atoms with van der Waals surface area (Å²) < 4.78 is 5.24. The summed E-state index contributed by atoms with van der Waals surface area (Å²) in [6.45, 7) is 3.48. The molecule has 0 radical (unpaired) electrons. The molecule has 2 aliphatic rings. The van der Waals surface area contributed by atoms with Gasteiger partial charge in [0.25, 0.3) is 5.91 Å². The first-order valence-electron chi connectivity index (χ1n) is 11.2. The Morgan fingerprint density at radius 3 is 2.42 bits per heavy atom. The first-order chi connectivity index (χ1) is 16.1. The molecule has 1 saturated heterocycles. The van der Waals surface area contributed by atoms with Crippen LogP contribution in [0.5, 0.6) is 5.75 Å². The van der Waals surface area contributed by atoms with E-state index in [1.807, 2.05) is 63.7 Å². The van der Waals surface area contributed by atoms with Gasteiger partial charge in [0.2, 0.25) is 5.91 Å². The van der Waals surface area contributed by atoms with E-state index in [2.05, 4.69) is 17.0 Å². The summed E-state index contributed by atoms with van der Waals surface area (Å²) in [6.07, 6.45) is 0.308. The number of hydrogen-bond donors (Lipinski definition) is 0. The predicted molar refractivity (Wildman–Crippen MR) is 130 cm³/mol. The van der Waals surface area contributed by atoms with Gasteiger partial charge in [0.05, 0.1) is 19.6 Å². The van der Waals surface area contributed by atoms with Crippen LogP contribution in [-0.4, -0.2) is 54.9 Å². The van der Waals surface area contributed by atoms with Crippen LogP contribution in [0.4, 0.5) is 5.69 Å². The first kappa shape index (κ1) is 21.5. The number of anilines is 1. The summed E-state index contributed by atoms with van der Waals surface area (Å²) in [5, 5.41) is 2.01. The molecule has 3 heterocycles. The summed E-state index contributed by atoms with van der Waals surface area (Å²) in [6, 6.07) is 19.5. The summed E-state index contributed by atoms with van der Waals surface area (Å²) in [4.78, 5) is 33.6. The highest BCUT2D eigenvalue weighted by atomic mass is 32.1. The number of carbonyl (C=O) groups is 2. The molecule has 0 N–H and O–H groups in total. The van der Waals surface area contributed by atoms with Crippen LogP contribution in [-0.2, 0) is 11.3 Å². The van der Waals surface area contributed by atoms with Gasteiger partial charge in [-0.1, -0.05) is 24.3 Å². The van der Waals surface area contributed by atoms with Gasteiger partial charge in [-0.3, -0.25) is 9.59 Å². The minimum Gasteiger partial charge on any atom is -0.497 e. The molecular weight excluding hydrogens is 434 g/mol. The van der Waals surface area contributed by atoms with Crippen LogP contribution in [0.2, 0.25) is 0 Å². The van der Waals surface area contributed by atoms with Gasteiger partial charge in [-0.15, -0.1) is 11.3 Å². The van der Waals surface area contributed by atoms with Crippen LogP contribution >= 0.6 is 11.3 Å². The molecule has 2 amide bonds. The average molecular weight is 462 g/mol. The molecular formula is C26H27N3O3S. The van der Waals surface area contributed by atoms with E-state index in [0.717, 1.165) is 40.5 Å². The number of thiophene rings is 1. The monoisotopic (exact) mass is 461 g/mol. The Morgan fingerprint density at radius 1 is 1.00 bits per heavy atom. The number of benzene rings is 2. The Bertz CT molecular complexity index is 1120. The number of fused-ring (bicyclic) bond motifs is 1. The largest absolute Gasteiger partial charge is 0.497 e. The second-order valence-corrected chi connectivity index (χ2v) is 9.37. The Labute approximate surface area is 198 Å². The summed E-state index contributed by atoms with van der Waals surface area (Å²) >= 11 is 1.60. The van der Waals surface area contributed by atoms with Crippen LogP contribution in [0, 0.1) is 0 Å². The summed E-state index contributed by atoms with van der Waals surface area (Å²) in [5.74, 6) is 0.957. The molecule has 3 aromatic rings. The highest BCUT2D eigenvalue weighted by Gasteiger charge is 2.36. The lowest BCUT2D eigenvalue weighted by atomic mass is 10.1. The number of amides is 2. The third-order valence-corrected chi connectivity index (χ3v) is 7.51. The molecule has 7 heteroatoms. The highest BCUT2D eigenvalue weighted by molar-refractivity contribution is 7.10. The average Bonchev–Trinajstić information content (AvgIpc) is 3.51. The number of hydrogen-bond acceptors (Lipinski definition) is 5. The van der Waals surface area contributed by atoms with Crippen molar-refractivity contribution in [3.8, 4) is 5.75 Å². The minimum absolute atomic E-state index is 0.0149. The Kier molecular flexibility index (Phi) is 6.05. The van der Waals surface area contributed by atoms with E-state index in [9.17, 15) is 9.59 Å². The van der Waals surface area contributed by atoms with Crippen molar-refractivity contribution in [2.75, 3.05) is 38.2 Å². The lowest BCUT2D eigenvalue weighted by molar-refractivity contribution is -0.132. The first-order valence-corrected chi connectivity index (χ1v) is 12.1. The molecule has 1 fully saturated rings. The van der Waals surface area contributed by atoms with E-state index in [0.29, 0.717) is 26.1 Å². The standard InChI is InChI=1S/C26H27N3O3S/c1-32-21-10-8-20(9-11-21)27-12-14-28(15-13-27)25(30)17-23(24-7-4-16-33-24)29-18-19-5-2-3-6-22(19)26(29)31/h2-11,16,23H,12-15,17-18H2,1H3. The van der Waals surface area contributed by atoms with Crippen LogP contribution < -0.4 is 9.64 Å². The molecule has 2 aromatic carbocycles. The molecule has 0 spiro atoms. The van der Waals surface area contributed by atoms with Crippen molar-refractivity contribution in [1.29, 1.82) is 0 Å². The molecule has 170 valence electrons. The number of piperazine rings is 1. The van der Waals surface area contributed by atoms with Crippen molar-refractivity contribution in [3.05, 3.63) is 82.0 Å². The molecule has 0 saturated carbocycles. The van der Waals surface area contributed by atoms with Crippen molar-refractivity contribution in [1.82, 2.24) is 9.80 Å². The zero-order chi connectivity index (χ0) is 22.8. The molecule has 6 nitrogen and oxygen atoms in total. The summed E-state index contributed by atoms with van der Waals surface area (Å²) in [5.41, 5.74) is 2.92. The Balaban J connectivity index is 1.26. The fraction of sp³-hybridized carbons (Fsp3) is 0.308. The Morgan fingerprint density at radius 2 is 1.76 bits per heavy atom. The number of nitrogens with zero attached hydrogens (tertiary/aromatic N) is 3. The normalized spacial score (nSPS) is 16.6. The molecule has 0 bridgehead atoms. The zero-order valence-electron chi connectivity index (χ0n) is 18.6. The van der Waals surface area contributed by atoms with Gasteiger partial charge in [0, 0.05) is 48.9 Å². The quantitative estimate of drug-likeness (QED) is 0.552. The fourth-order valence-corrected chi connectivity index (χ4v) is 5.51. The van der Waals surface area contributed by atoms with Gasteiger partial charge in [0.15, 0.2) is 0 Å².